The van der Waals surface area contributed by atoms with Crippen LogP contribution in [-0.4, -0.2) is 44.5 Å². The van der Waals surface area contributed by atoms with Crippen molar-refractivity contribution in [3.05, 3.63) is 54.9 Å². The Hall–Kier alpha value is -2.93. The molecule has 4 rings (SSSR count). The summed E-state index contributed by atoms with van der Waals surface area (Å²) in [5.74, 6) is -0.0482. The minimum atomic E-state index is -0.0482. The van der Waals surface area contributed by atoms with Crippen LogP contribution in [0.15, 0.2) is 49.3 Å². The van der Waals surface area contributed by atoms with E-state index in [-0.39, 0.29) is 11.9 Å². The number of aryl methyl sites for hydroxylation is 1. The molecule has 1 fully saturated rings. The van der Waals surface area contributed by atoms with Gasteiger partial charge >= 0.3 is 0 Å². The number of nitrogens with one attached hydrogen (secondary N) is 1. The molecular formula is C21H25N5O2. The molecule has 7 heteroatoms. The summed E-state index contributed by atoms with van der Waals surface area (Å²) in [6.45, 7) is 0. The molecule has 1 amide bonds. The Kier molecular flexibility index (Phi) is 5.25. The summed E-state index contributed by atoms with van der Waals surface area (Å²) in [5, 5.41) is 7.45. The predicted molar refractivity (Wildman–Crippen MR) is 106 cm³/mol. The van der Waals surface area contributed by atoms with Gasteiger partial charge in [0.1, 0.15) is 0 Å². The molecule has 0 saturated heterocycles. The molecule has 1 aliphatic carbocycles. The largest absolute Gasteiger partial charge is 0.381 e. The SMILES string of the molecule is COC1CCC(NC(=O)c2cc(-c3cnn(C)c3)cc(-n3ccnc3)c2)CC1. The number of benzene rings is 1. The molecule has 146 valence electrons. The van der Waals surface area contributed by atoms with Gasteiger partial charge in [-0.3, -0.25) is 9.48 Å². The Morgan fingerprint density at radius 2 is 2.00 bits per heavy atom. The lowest BCUT2D eigenvalue weighted by Crippen LogP contribution is -2.39. The minimum absolute atomic E-state index is 0.0482. The maximum Gasteiger partial charge on any atom is 0.251 e. The van der Waals surface area contributed by atoms with Gasteiger partial charge in [-0.05, 0) is 49.4 Å². The first-order valence-electron chi connectivity index (χ1n) is 9.58. The van der Waals surface area contributed by atoms with Crippen molar-refractivity contribution in [2.75, 3.05) is 7.11 Å². The summed E-state index contributed by atoms with van der Waals surface area (Å²) in [6.07, 6.45) is 13.3. The third-order valence-corrected chi connectivity index (χ3v) is 5.36. The Labute approximate surface area is 164 Å². The molecule has 28 heavy (non-hydrogen) atoms. The van der Waals surface area contributed by atoms with Gasteiger partial charge in [-0.25, -0.2) is 4.98 Å². The molecular weight excluding hydrogens is 354 g/mol. The average Bonchev–Trinajstić information content (AvgIpc) is 3.40. The number of carbonyl (C=O) groups excluding carboxylic acids is 1. The fraction of sp³-hybridized carbons (Fsp3) is 0.381. The first kappa shape index (κ1) is 18.4. The van der Waals surface area contributed by atoms with Gasteiger partial charge < -0.3 is 14.6 Å². The molecule has 0 atom stereocenters. The molecule has 3 aromatic rings. The quantitative estimate of drug-likeness (QED) is 0.740. The van der Waals surface area contributed by atoms with Gasteiger partial charge in [0, 0.05) is 55.6 Å². The summed E-state index contributed by atoms with van der Waals surface area (Å²) >= 11 is 0. The number of ether oxygens (including phenoxy) is 1. The normalized spacial score (nSPS) is 19.5. The van der Waals surface area contributed by atoms with Crippen molar-refractivity contribution in [1.29, 1.82) is 0 Å². The Morgan fingerprint density at radius 3 is 2.64 bits per heavy atom. The highest BCUT2D eigenvalue weighted by Crippen LogP contribution is 2.25. The molecule has 2 heterocycles. The molecule has 0 unspecified atom stereocenters. The van der Waals surface area contributed by atoms with Crippen LogP contribution in [0.5, 0.6) is 0 Å². The molecule has 0 bridgehead atoms. The molecule has 0 radical (unpaired) electrons. The fourth-order valence-corrected chi connectivity index (χ4v) is 3.75. The van der Waals surface area contributed by atoms with Crippen LogP contribution in [0.4, 0.5) is 0 Å². The third kappa shape index (κ3) is 3.99. The van der Waals surface area contributed by atoms with Crippen LogP contribution in [0.2, 0.25) is 0 Å². The van der Waals surface area contributed by atoms with Crippen LogP contribution in [0.1, 0.15) is 36.0 Å². The molecule has 1 aromatic carbocycles. The van der Waals surface area contributed by atoms with E-state index in [0.717, 1.165) is 42.5 Å². The first-order chi connectivity index (χ1) is 13.6. The second kappa shape index (κ2) is 7.98. The molecule has 1 N–H and O–H groups in total. The van der Waals surface area contributed by atoms with Gasteiger partial charge in [0.25, 0.3) is 5.91 Å². The second-order valence-electron chi connectivity index (χ2n) is 7.32. The third-order valence-electron chi connectivity index (χ3n) is 5.36. The summed E-state index contributed by atoms with van der Waals surface area (Å²) < 4.78 is 9.08. The number of hydrogen-bond donors (Lipinski definition) is 1. The molecule has 0 aliphatic heterocycles. The van der Waals surface area contributed by atoms with Gasteiger partial charge in [-0.2, -0.15) is 5.10 Å². The maximum atomic E-state index is 13.0. The lowest BCUT2D eigenvalue weighted by Gasteiger charge is -2.28. The van der Waals surface area contributed by atoms with Crippen molar-refractivity contribution >= 4 is 5.91 Å². The van der Waals surface area contributed by atoms with E-state index in [0.29, 0.717) is 11.7 Å². The van der Waals surface area contributed by atoms with Crippen LogP contribution >= 0.6 is 0 Å². The van der Waals surface area contributed by atoms with E-state index in [2.05, 4.69) is 15.4 Å². The van der Waals surface area contributed by atoms with Gasteiger partial charge in [-0.15, -0.1) is 0 Å². The number of amides is 1. The lowest BCUT2D eigenvalue weighted by molar-refractivity contribution is 0.0599. The highest BCUT2D eigenvalue weighted by molar-refractivity contribution is 5.96. The zero-order valence-corrected chi connectivity index (χ0v) is 16.2. The first-order valence-corrected chi connectivity index (χ1v) is 9.58. The zero-order valence-electron chi connectivity index (χ0n) is 16.2. The van der Waals surface area contributed by atoms with Crippen molar-refractivity contribution in [2.24, 2.45) is 7.05 Å². The minimum Gasteiger partial charge on any atom is -0.381 e. The number of nitrogens with zero attached hydrogens (tertiary/aromatic N) is 4. The average molecular weight is 379 g/mol. The van der Waals surface area contributed by atoms with Gasteiger partial charge in [0.05, 0.1) is 18.6 Å². The molecule has 7 nitrogen and oxygen atoms in total. The van der Waals surface area contributed by atoms with E-state index in [4.69, 9.17) is 4.74 Å². The monoisotopic (exact) mass is 379 g/mol. The van der Waals surface area contributed by atoms with E-state index in [1.807, 2.05) is 42.2 Å². The molecule has 0 spiro atoms. The Morgan fingerprint density at radius 1 is 1.18 bits per heavy atom. The topological polar surface area (TPSA) is 74.0 Å². The lowest BCUT2D eigenvalue weighted by atomic mass is 9.92. The van der Waals surface area contributed by atoms with Crippen LogP contribution in [0.25, 0.3) is 16.8 Å². The highest BCUT2D eigenvalue weighted by Gasteiger charge is 2.23. The van der Waals surface area contributed by atoms with Gasteiger partial charge in [-0.1, -0.05) is 0 Å². The van der Waals surface area contributed by atoms with Crippen molar-refractivity contribution < 1.29 is 9.53 Å². The summed E-state index contributed by atoms with van der Waals surface area (Å²) in [5.41, 5.74) is 3.46. The molecule has 2 aromatic heterocycles. The number of aromatic nitrogens is 4. The Bertz CT molecular complexity index is 940. The van der Waals surface area contributed by atoms with Crippen LogP contribution in [0, 0.1) is 0 Å². The molecule has 1 aliphatic rings. The van der Waals surface area contributed by atoms with E-state index in [1.54, 1.807) is 30.5 Å². The van der Waals surface area contributed by atoms with Crippen LogP contribution in [0.3, 0.4) is 0 Å². The molecule has 1 saturated carbocycles. The van der Waals surface area contributed by atoms with Crippen LogP contribution < -0.4 is 5.32 Å². The number of imidazole rings is 1. The number of hydrogen-bond acceptors (Lipinski definition) is 4. The second-order valence-corrected chi connectivity index (χ2v) is 7.32. The smallest absolute Gasteiger partial charge is 0.251 e. The number of rotatable bonds is 5. The fourth-order valence-electron chi connectivity index (χ4n) is 3.75. The van der Waals surface area contributed by atoms with Crippen molar-refractivity contribution in [2.45, 2.75) is 37.8 Å². The maximum absolute atomic E-state index is 13.0. The van der Waals surface area contributed by atoms with E-state index in [1.165, 1.54) is 0 Å². The zero-order chi connectivity index (χ0) is 19.5. The van der Waals surface area contributed by atoms with E-state index in [9.17, 15) is 4.79 Å². The summed E-state index contributed by atoms with van der Waals surface area (Å²) in [6, 6.07) is 6.06. The van der Waals surface area contributed by atoms with E-state index < -0.39 is 0 Å². The summed E-state index contributed by atoms with van der Waals surface area (Å²) in [4.78, 5) is 17.1. The number of methoxy groups -OCH3 is 1. The van der Waals surface area contributed by atoms with Gasteiger partial charge in [0.15, 0.2) is 0 Å². The van der Waals surface area contributed by atoms with Crippen LogP contribution in [-0.2, 0) is 11.8 Å². The summed E-state index contributed by atoms with van der Waals surface area (Å²) in [7, 11) is 3.64. The predicted octanol–water partition coefficient (Wildman–Crippen LogP) is 2.96. The van der Waals surface area contributed by atoms with E-state index >= 15 is 0 Å². The standard InChI is InChI=1S/C21H25N5O2/c1-25-13-17(12-23-25)15-9-16(11-19(10-15)26-8-7-22-14-26)21(27)24-18-3-5-20(28-2)6-4-18/h7-14,18,20H,3-6H2,1-2H3,(H,24,27). The number of carbonyl (C=O) groups is 1. The van der Waals surface area contributed by atoms with Crippen molar-refractivity contribution in [3.63, 3.8) is 0 Å². The Balaban J connectivity index is 1.60. The van der Waals surface area contributed by atoms with Crippen molar-refractivity contribution in [1.82, 2.24) is 24.6 Å². The highest BCUT2D eigenvalue weighted by atomic mass is 16.5. The van der Waals surface area contributed by atoms with Gasteiger partial charge in [0.2, 0.25) is 0 Å². The van der Waals surface area contributed by atoms with Crippen molar-refractivity contribution in [3.8, 4) is 16.8 Å².